The maximum atomic E-state index is 13.9. The third-order valence-electron chi connectivity index (χ3n) is 8.53. The van der Waals surface area contributed by atoms with Crippen molar-refractivity contribution in [3.63, 3.8) is 0 Å². The van der Waals surface area contributed by atoms with Gasteiger partial charge in [-0.15, -0.1) is 11.3 Å². The lowest BCUT2D eigenvalue weighted by atomic mass is 9.73. The first kappa shape index (κ1) is 36.1. The van der Waals surface area contributed by atoms with E-state index in [-0.39, 0.29) is 30.1 Å². The van der Waals surface area contributed by atoms with Gasteiger partial charge >= 0.3 is 5.97 Å². The summed E-state index contributed by atoms with van der Waals surface area (Å²) in [5.41, 5.74) is 1.58. The molecule has 0 fully saturated rings. The van der Waals surface area contributed by atoms with Gasteiger partial charge in [-0.25, -0.2) is 8.42 Å². The number of esters is 1. The van der Waals surface area contributed by atoms with E-state index in [0.717, 1.165) is 27.6 Å². The van der Waals surface area contributed by atoms with Crippen LogP contribution < -0.4 is 9.47 Å². The van der Waals surface area contributed by atoms with E-state index in [1.54, 1.807) is 20.1 Å². The predicted octanol–water partition coefficient (Wildman–Crippen LogP) is 6.91. The van der Waals surface area contributed by atoms with E-state index >= 15 is 0 Å². The molecule has 4 rings (SSSR count). The fourth-order valence-electron chi connectivity index (χ4n) is 5.62. The molecule has 3 aromatic rings. The van der Waals surface area contributed by atoms with Crippen molar-refractivity contribution in [2.75, 3.05) is 20.3 Å². The molecule has 1 aromatic carbocycles. The van der Waals surface area contributed by atoms with Crippen LogP contribution in [-0.4, -0.2) is 63.2 Å². The highest BCUT2D eigenvalue weighted by atomic mass is 32.2. The summed E-state index contributed by atoms with van der Waals surface area (Å²) in [6, 6.07) is 10.3. The molecule has 0 bridgehead atoms. The molecule has 0 radical (unpaired) electrons. The minimum Gasteiger partial charge on any atom is -0.495 e. The molecule has 2 unspecified atom stereocenters. The van der Waals surface area contributed by atoms with Crippen LogP contribution in [-0.2, 0) is 26.1 Å². The van der Waals surface area contributed by atoms with E-state index in [9.17, 15) is 18.3 Å². The largest absolute Gasteiger partial charge is 0.495 e. The molecule has 3 heterocycles. The number of thiophene rings is 1. The Balaban J connectivity index is 1.79. The van der Waals surface area contributed by atoms with Crippen LogP contribution in [0.5, 0.6) is 11.5 Å². The highest BCUT2D eigenvalue weighted by molar-refractivity contribution is 7.89. The molecular weight excluding hydrogens is 641 g/mol. The second-order valence-electron chi connectivity index (χ2n) is 13.8. The van der Waals surface area contributed by atoms with Crippen molar-refractivity contribution >= 4 is 35.4 Å². The normalized spacial score (nSPS) is 18.2. The number of nitrogens with zero attached hydrogens (tertiary/aromatic N) is 2. The average molecular weight is 689 g/mol. The molecule has 252 valence electrons. The summed E-state index contributed by atoms with van der Waals surface area (Å²) in [5, 5.41) is 10.5. The average Bonchev–Trinajstić information content (AvgIpc) is 3.37. The summed E-state index contributed by atoms with van der Waals surface area (Å²) in [7, 11) is -3.77. The summed E-state index contributed by atoms with van der Waals surface area (Å²) in [4.78, 5) is 19.5. The molecule has 46 heavy (non-hydrogen) atoms. The minimum absolute atomic E-state index is 0.0520. The topological polar surface area (TPSA) is 115 Å². The molecule has 9 nitrogen and oxygen atoms in total. The lowest BCUT2D eigenvalue weighted by molar-refractivity contribution is -0.154. The summed E-state index contributed by atoms with van der Waals surface area (Å²) < 4.78 is 46.9. The molecule has 1 aliphatic heterocycles. The molecule has 0 spiro atoms. The number of aliphatic hydroxyl groups is 1. The number of sulfonamides is 1. The number of hydrogen-bond acceptors (Lipinski definition) is 9. The third-order valence-corrected chi connectivity index (χ3v) is 13.4. The number of pyridine rings is 1. The number of hydrogen-bond donors (Lipinski definition) is 1. The van der Waals surface area contributed by atoms with E-state index in [4.69, 9.17) is 14.2 Å². The van der Waals surface area contributed by atoms with E-state index in [1.807, 2.05) is 52.0 Å². The van der Waals surface area contributed by atoms with Crippen LogP contribution in [0.15, 0.2) is 47.6 Å². The molecule has 12 heteroatoms. The Morgan fingerprint density at radius 2 is 1.96 bits per heavy atom. The Morgan fingerprint density at radius 1 is 1.24 bits per heavy atom. The Morgan fingerprint density at radius 3 is 2.57 bits per heavy atom. The van der Waals surface area contributed by atoms with Gasteiger partial charge in [0.05, 0.1) is 42.9 Å². The summed E-state index contributed by atoms with van der Waals surface area (Å²) >= 11 is 1.41. The number of aliphatic hydroxyl groups excluding tert-OH is 1. The number of fused-ring (bicyclic) bond motifs is 1. The van der Waals surface area contributed by atoms with Crippen molar-refractivity contribution in [3.8, 4) is 11.5 Å². The maximum Gasteiger partial charge on any atom is 0.312 e. The first-order valence-electron chi connectivity index (χ1n) is 15.7. The Kier molecular flexibility index (Phi) is 11.1. The number of ether oxygens (including phenoxy) is 3. The van der Waals surface area contributed by atoms with E-state index in [2.05, 4.69) is 24.6 Å². The van der Waals surface area contributed by atoms with Gasteiger partial charge in [0.25, 0.3) is 0 Å². The quantitative estimate of drug-likeness (QED) is 0.161. The van der Waals surface area contributed by atoms with Gasteiger partial charge < -0.3 is 19.3 Å². The van der Waals surface area contributed by atoms with Crippen molar-refractivity contribution in [3.05, 3.63) is 69.2 Å². The van der Waals surface area contributed by atoms with Gasteiger partial charge in [-0.05, 0) is 69.0 Å². The van der Waals surface area contributed by atoms with Crippen molar-refractivity contribution in [2.45, 2.75) is 96.3 Å². The first-order valence-corrected chi connectivity index (χ1v) is 21.7. The summed E-state index contributed by atoms with van der Waals surface area (Å²) in [5.74, 6) is 0.0922. The van der Waals surface area contributed by atoms with Crippen LogP contribution >= 0.6 is 11.3 Å². The zero-order valence-corrected chi connectivity index (χ0v) is 31.0. The summed E-state index contributed by atoms with van der Waals surface area (Å²) in [6.07, 6.45) is 2.43. The van der Waals surface area contributed by atoms with E-state index in [0.29, 0.717) is 29.4 Å². The number of carbonyl (C=O) groups is 1. The van der Waals surface area contributed by atoms with E-state index < -0.39 is 35.5 Å². The molecule has 0 saturated heterocycles. The lowest BCUT2D eigenvalue weighted by Gasteiger charge is -2.33. The highest BCUT2D eigenvalue weighted by Crippen LogP contribution is 2.48. The van der Waals surface area contributed by atoms with Crippen LogP contribution in [0, 0.1) is 12.3 Å². The van der Waals surface area contributed by atoms with Crippen molar-refractivity contribution in [1.29, 1.82) is 0 Å². The first-order chi connectivity index (χ1) is 21.5. The Bertz CT molecular complexity index is 1650. The minimum atomic E-state index is -3.91. The van der Waals surface area contributed by atoms with Crippen LogP contribution in [0.1, 0.15) is 72.6 Å². The number of benzene rings is 1. The zero-order valence-electron chi connectivity index (χ0n) is 28.4. The predicted molar refractivity (Wildman–Crippen MR) is 184 cm³/mol. The van der Waals surface area contributed by atoms with Gasteiger partial charge in [0, 0.05) is 31.6 Å². The zero-order chi connectivity index (χ0) is 34.0. The van der Waals surface area contributed by atoms with Gasteiger partial charge in [-0.2, -0.15) is 4.31 Å². The van der Waals surface area contributed by atoms with Crippen molar-refractivity contribution < 1.29 is 32.5 Å². The highest BCUT2D eigenvalue weighted by Gasteiger charge is 2.42. The molecular formula is C34H48N2O7S2Si. The van der Waals surface area contributed by atoms with Gasteiger partial charge in [0.1, 0.15) is 22.5 Å². The Hall–Kier alpha value is -2.77. The molecule has 0 saturated carbocycles. The molecule has 3 atom stereocenters. The number of aryl methyl sites for hydroxylation is 1. The van der Waals surface area contributed by atoms with Gasteiger partial charge in [-0.3, -0.25) is 9.78 Å². The SMILES string of the molecule is CC[C@@H]1CN(Cc2cc(C(c3cc(OC)c(C(C)O)s3)C(C)(C)C(=O)OCC[Si](C)(C)C)ccc2C)S(=O)(=O)c2cnccc2O1. The molecule has 0 aliphatic carbocycles. The van der Waals surface area contributed by atoms with Gasteiger partial charge in [0.15, 0.2) is 0 Å². The van der Waals surface area contributed by atoms with Crippen LogP contribution in [0.3, 0.4) is 0 Å². The third kappa shape index (κ3) is 7.84. The number of aromatic nitrogens is 1. The summed E-state index contributed by atoms with van der Waals surface area (Å²) in [6.45, 7) is 16.8. The molecule has 1 N–H and O–H groups in total. The second kappa shape index (κ2) is 14.1. The lowest BCUT2D eigenvalue weighted by Crippen LogP contribution is -2.37. The van der Waals surface area contributed by atoms with Crippen LogP contribution in [0.4, 0.5) is 0 Å². The van der Waals surface area contributed by atoms with Crippen LogP contribution in [0.2, 0.25) is 25.7 Å². The standard InChI is InChI=1S/C34H48N2O7S2Si/c1-10-26-21-36(45(39,40)30-19-35-14-13-27(30)43-26)20-25-17-24(12-11-22(25)2)31(29-18-28(41-6)32(44-29)23(3)37)34(4,5)33(38)42-15-16-46(7,8)9/h11-14,17-19,23,26,31,37H,10,15-16,20-21H2,1-9H3/t23?,26-,31?/m1/s1. The fraction of sp³-hybridized carbons (Fsp3) is 0.529. The number of methoxy groups -OCH3 is 1. The Labute approximate surface area is 279 Å². The fourth-order valence-corrected chi connectivity index (χ4v) is 9.23. The van der Waals surface area contributed by atoms with Crippen molar-refractivity contribution in [2.24, 2.45) is 5.41 Å². The monoisotopic (exact) mass is 688 g/mol. The van der Waals surface area contributed by atoms with Crippen LogP contribution in [0.25, 0.3) is 0 Å². The maximum absolute atomic E-state index is 13.9. The van der Waals surface area contributed by atoms with E-state index in [1.165, 1.54) is 28.0 Å². The smallest absolute Gasteiger partial charge is 0.312 e. The molecule has 1 aliphatic rings. The number of carbonyl (C=O) groups excluding carboxylic acids is 1. The number of rotatable bonds is 12. The molecule has 2 aromatic heterocycles. The van der Waals surface area contributed by atoms with Gasteiger partial charge in [-0.1, -0.05) is 44.8 Å². The van der Waals surface area contributed by atoms with Crippen molar-refractivity contribution in [1.82, 2.24) is 9.29 Å². The second-order valence-corrected chi connectivity index (χ2v) is 22.5. The molecule has 0 amide bonds. The van der Waals surface area contributed by atoms with Gasteiger partial charge in [0.2, 0.25) is 10.0 Å².